The third kappa shape index (κ3) is 3.94. The monoisotopic (exact) mass is 315 g/mol. The van der Waals surface area contributed by atoms with Gasteiger partial charge in [0.25, 0.3) is 5.91 Å². The van der Waals surface area contributed by atoms with Crippen LogP contribution in [0.15, 0.2) is 24.3 Å². The lowest BCUT2D eigenvalue weighted by Crippen LogP contribution is -2.46. The van der Waals surface area contributed by atoms with Gasteiger partial charge in [-0.3, -0.25) is 4.79 Å². The zero-order valence-electron chi connectivity index (χ0n) is 13.3. The molecular formula is C16H23F2NO3. The first-order chi connectivity index (χ1) is 10.2. The van der Waals surface area contributed by atoms with Crippen molar-refractivity contribution in [2.45, 2.75) is 39.2 Å². The van der Waals surface area contributed by atoms with Crippen molar-refractivity contribution in [1.82, 2.24) is 5.32 Å². The van der Waals surface area contributed by atoms with Gasteiger partial charge in [-0.2, -0.15) is 8.78 Å². The summed E-state index contributed by atoms with van der Waals surface area (Å²) in [6, 6.07) is 5.07. The van der Waals surface area contributed by atoms with Gasteiger partial charge in [-0.05, 0) is 37.6 Å². The first-order valence-corrected chi connectivity index (χ1v) is 7.16. The molecule has 0 saturated heterocycles. The largest absolute Gasteiger partial charge is 0.497 e. The maximum atomic E-state index is 14.2. The summed E-state index contributed by atoms with van der Waals surface area (Å²) < 4.78 is 33.2. The van der Waals surface area contributed by atoms with Crippen LogP contribution in [0.1, 0.15) is 32.8 Å². The molecule has 2 unspecified atom stereocenters. The van der Waals surface area contributed by atoms with Gasteiger partial charge >= 0.3 is 5.92 Å². The summed E-state index contributed by atoms with van der Waals surface area (Å²) in [6.07, 6.45) is -0.161. The molecule has 1 rings (SSSR count). The van der Waals surface area contributed by atoms with Crippen LogP contribution in [0.5, 0.6) is 5.75 Å². The number of rotatable bonds is 7. The second-order valence-electron chi connectivity index (χ2n) is 5.67. The Kier molecular flexibility index (Phi) is 5.88. The van der Waals surface area contributed by atoms with E-state index in [1.54, 1.807) is 13.8 Å². The number of aliphatic hydroxyl groups excluding tert-OH is 1. The summed E-state index contributed by atoms with van der Waals surface area (Å²) in [6.45, 7) is 5.13. The molecule has 2 atom stereocenters. The van der Waals surface area contributed by atoms with Gasteiger partial charge < -0.3 is 15.2 Å². The number of carbonyl (C=O) groups excluding carboxylic acids is 1. The molecule has 0 saturated carbocycles. The molecule has 22 heavy (non-hydrogen) atoms. The lowest BCUT2D eigenvalue weighted by molar-refractivity contribution is -0.147. The van der Waals surface area contributed by atoms with Crippen molar-refractivity contribution < 1.29 is 23.4 Å². The molecule has 0 aromatic heterocycles. The molecule has 2 N–H and O–H groups in total. The van der Waals surface area contributed by atoms with Gasteiger partial charge in [0.2, 0.25) is 0 Å². The summed E-state index contributed by atoms with van der Waals surface area (Å²) in [7, 11) is 1.43. The number of hydrogen-bond donors (Lipinski definition) is 2. The predicted octanol–water partition coefficient (Wildman–Crippen LogP) is 2.70. The maximum Gasteiger partial charge on any atom is 0.349 e. The molecular weight excluding hydrogens is 292 g/mol. The van der Waals surface area contributed by atoms with Crippen LogP contribution in [-0.2, 0) is 10.7 Å². The van der Waals surface area contributed by atoms with Crippen LogP contribution in [0.3, 0.4) is 0 Å². The fraction of sp³-hybridized carbons (Fsp3) is 0.562. The van der Waals surface area contributed by atoms with E-state index in [1.165, 1.54) is 19.2 Å². The average molecular weight is 315 g/mol. The second-order valence-corrected chi connectivity index (χ2v) is 5.67. The Morgan fingerprint density at radius 2 is 1.91 bits per heavy atom. The van der Waals surface area contributed by atoms with Crippen molar-refractivity contribution in [2.24, 2.45) is 5.41 Å². The zero-order valence-corrected chi connectivity index (χ0v) is 13.3. The second kappa shape index (κ2) is 7.05. The number of ether oxygens (including phenoxy) is 1. The van der Waals surface area contributed by atoms with E-state index >= 15 is 0 Å². The van der Waals surface area contributed by atoms with Crippen molar-refractivity contribution in [3.05, 3.63) is 29.8 Å². The quantitative estimate of drug-likeness (QED) is 0.813. The van der Waals surface area contributed by atoms with E-state index in [1.807, 2.05) is 6.92 Å². The predicted molar refractivity (Wildman–Crippen MR) is 80.0 cm³/mol. The Labute approximate surface area is 129 Å². The Hall–Kier alpha value is -1.69. The number of carbonyl (C=O) groups is 1. The van der Waals surface area contributed by atoms with Gasteiger partial charge in [-0.25, -0.2) is 0 Å². The third-order valence-corrected chi connectivity index (χ3v) is 4.21. The van der Waals surface area contributed by atoms with Gasteiger partial charge in [-0.1, -0.05) is 13.8 Å². The van der Waals surface area contributed by atoms with E-state index in [0.29, 0.717) is 12.2 Å². The minimum Gasteiger partial charge on any atom is -0.497 e. The number of halogens is 2. The summed E-state index contributed by atoms with van der Waals surface area (Å²) in [5, 5.41) is 12.0. The smallest absolute Gasteiger partial charge is 0.349 e. The number of hydrogen-bond acceptors (Lipinski definition) is 3. The molecule has 0 spiro atoms. The third-order valence-electron chi connectivity index (χ3n) is 4.21. The minimum atomic E-state index is -3.64. The van der Waals surface area contributed by atoms with E-state index in [0.717, 1.165) is 12.1 Å². The first kappa shape index (κ1) is 18.4. The van der Waals surface area contributed by atoms with Gasteiger partial charge in [0.15, 0.2) is 0 Å². The molecule has 6 heteroatoms. The van der Waals surface area contributed by atoms with E-state index < -0.39 is 28.9 Å². The zero-order chi connectivity index (χ0) is 17.0. The Balaban J connectivity index is 2.81. The molecule has 0 heterocycles. The van der Waals surface area contributed by atoms with Crippen molar-refractivity contribution in [3.63, 3.8) is 0 Å². The lowest BCUT2D eigenvalue weighted by atomic mass is 9.82. The summed E-state index contributed by atoms with van der Waals surface area (Å²) in [5.41, 5.74) is -1.05. The summed E-state index contributed by atoms with van der Waals surface area (Å²) in [5.74, 6) is -4.58. The van der Waals surface area contributed by atoms with Gasteiger partial charge in [0.1, 0.15) is 5.75 Å². The number of amides is 1. The lowest BCUT2D eigenvalue weighted by Gasteiger charge is -2.32. The van der Waals surface area contributed by atoms with Crippen molar-refractivity contribution in [2.75, 3.05) is 13.7 Å². The molecule has 1 amide bonds. The van der Waals surface area contributed by atoms with Crippen molar-refractivity contribution in [1.29, 1.82) is 0 Å². The van der Waals surface area contributed by atoms with Crippen molar-refractivity contribution >= 4 is 5.91 Å². The molecule has 0 aliphatic carbocycles. The standard InChI is InChI=1S/C16H23F2NO3/c1-5-15(3,11(2)20)10-19-14(21)16(17,18)12-6-8-13(22-4)9-7-12/h6-9,11,20H,5,10H2,1-4H3,(H,19,21). The van der Waals surface area contributed by atoms with E-state index in [9.17, 15) is 18.7 Å². The molecule has 0 aliphatic rings. The molecule has 4 nitrogen and oxygen atoms in total. The number of methoxy groups -OCH3 is 1. The highest BCUT2D eigenvalue weighted by Gasteiger charge is 2.42. The highest BCUT2D eigenvalue weighted by molar-refractivity contribution is 5.84. The van der Waals surface area contributed by atoms with Crippen LogP contribution in [0.2, 0.25) is 0 Å². The summed E-state index contributed by atoms with van der Waals surface area (Å²) in [4.78, 5) is 11.8. The van der Waals surface area contributed by atoms with Crippen LogP contribution >= 0.6 is 0 Å². The van der Waals surface area contributed by atoms with Crippen LogP contribution in [0.4, 0.5) is 8.78 Å². The van der Waals surface area contributed by atoms with Crippen LogP contribution in [0.25, 0.3) is 0 Å². The number of aliphatic hydroxyl groups is 1. The highest BCUT2D eigenvalue weighted by Crippen LogP contribution is 2.31. The molecule has 0 radical (unpaired) electrons. The molecule has 1 aromatic rings. The number of nitrogens with one attached hydrogen (secondary N) is 1. The van der Waals surface area contributed by atoms with Crippen molar-refractivity contribution in [3.8, 4) is 5.75 Å². The SMILES string of the molecule is CCC(C)(CNC(=O)C(F)(F)c1ccc(OC)cc1)C(C)O. The topological polar surface area (TPSA) is 58.6 Å². The van der Waals surface area contributed by atoms with Gasteiger partial charge in [0.05, 0.1) is 13.2 Å². The average Bonchev–Trinajstić information content (AvgIpc) is 2.51. The highest BCUT2D eigenvalue weighted by atomic mass is 19.3. The number of benzene rings is 1. The summed E-state index contributed by atoms with van der Waals surface area (Å²) >= 11 is 0. The molecule has 124 valence electrons. The fourth-order valence-electron chi connectivity index (χ4n) is 1.89. The van der Waals surface area contributed by atoms with E-state index in [2.05, 4.69) is 5.32 Å². The Bertz CT molecular complexity index is 503. The molecule has 1 aromatic carbocycles. The van der Waals surface area contributed by atoms with Crippen LogP contribution in [0, 0.1) is 5.41 Å². The molecule has 0 bridgehead atoms. The van der Waals surface area contributed by atoms with Gasteiger partial charge in [-0.15, -0.1) is 0 Å². The van der Waals surface area contributed by atoms with E-state index in [-0.39, 0.29) is 6.54 Å². The molecule has 0 fully saturated rings. The Morgan fingerprint density at radius 3 is 2.32 bits per heavy atom. The van der Waals surface area contributed by atoms with Crippen LogP contribution in [-0.4, -0.2) is 30.8 Å². The minimum absolute atomic E-state index is 0.0221. The van der Waals surface area contributed by atoms with E-state index in [4.69, 9.17) is 4.74 Å². The molecule has 0 aliphatic heterocycles. The fourth-order valence-corrected chi connectivity index (χ4v) is 1.89. The number of alkyl halides is 2. The first-order valence-electron chi connectivity index (χ1n) is 7.16. The normalized spacial score (nSPS) is 15.8. The van der Waals surface area contributed by atoms with Gasteiger partial charge in [0, 0.05) is 17.5 Å². The Morgan fingerprint density at radius 1 is 1.36 bits per heavy atom. The maximum absolute atomic E-state index is 14.2. The van der Waals surface area contributed by atoms with Crippen LogP contribution < -0.4 is 10.1 Å².